The molecule has 2 N–H and O–H groups in total. The summed E-state index contributed by atoms with van der Waals surface area (Å²) in [5.74, 6) is 0. The molecule has 18 heavy (non-hydrogen) atoms. The van der Waals surface area contributed by atoms with Crippen molar-refractivity contribution in [2.24, 2.45) is 5.41 Å². The molecule has 106 valence electrons. The third-order valence-corrected chi connectivity index (χ3v) is 4.07. The van der Waals surface area contributed by atoms with Crippen LogP contribution in [0, 0.1) is 5.41 Å². The van der Waals surface area contributed by atoms with Gasteiger partial charge in [0.2, 0.25) is 0 Å². The number of nitrogens with zero attached hydrogens (tertiary/aromatic N) is 1. The fourth-order valence-electron chi connectivity index (χ4n) is 2.82. The first-order valence-electron chi connectivity index (χ1n) is 6.40. The van der Waals surface area contributed by atoms with Crippen molar-refractivity contribution in [3.05, 3.63) is 0 Å². The zero-order valence-electron chi connectivity index (χ0n) is 11.2. The molecule has 2 aliphatic rings. The molecule has 1 atom stereocenters. The zero-order valence-corrected chi connectivity index (χ0v) is 12.0. The molecule has 0 aromatic carbocycles. The van der Waals surface area contributed by atoms with Gasteiger partial charge in [-0.15, -0.1) is 12.4 Å². The van der Waals surface area contributed by atoms with Gasteiger partial charge in [0.25, 0.3) is 0 Å². The Bertz CT molecular complexity index is 272. The van der Waals surface area contributed by atoms with Gasteiger partial charge in [-0.25, -0.2) is 4.79 Å². The first-order valence-corrected chi connectivity index (χ1v) is 6.40. The Morgan fingerprint density at radius 2 is 2.00 bits per heavy atom. The third-order valence-electron chi connectivity index (χ3n) is 4.07. The van der Waals surface area contributed by atoms with Crippen molar-refractivity contribution >= 4 is 18.4 Å². The van der Waals surface area contributed by atoms with Crippen LogP contribution >= 0.6 is 12.4 Å². The highest BCUT2D eigenvalue weighted by Crippen LogP contribution is 2.39. The monoisotopic (exact) mass is 277 g/mol. The number of rotatable bonds is 1. The van der Waals surface area contributed by atoms with E-state index in [2.05, 4.69) is 10.6 Å². The minimum atomic E-state index is -0.0154. The van der Waals surface area contributed by atoms with Crippen molar-refractivity contribution in [3.8, 4) is 0 Å². The van der Waals surface area contributed by atoms with E-state index in [1.54, 1.807) is 19.0 Å². The summed E-state index contributed by atoms with van der Waals surface area (Å²) < 4.78 is 5.54. The summed E-state index contributed by atoms with van der Waals surface area (Å²) in [6.07, 6.45) is 3.33. The van der Waals surface area contributed by atoms with Crippen molar-refractivity contribution in [1.29, 1.82) is 0 Å². The van der Waals surface area contributed by atoms with Gasteiger partial charge < -0.3 is 20.3 Å². The highest BCUT2D eigenvalue weighted by atomic mass is 35.5. The van der Waals surface area contributed by atoms with Crippen LogP contribution in [0.3, 0.4) is 0 Å². The van der Waals surface area contributed by atoms with Gasteiger partial charge >= 0.3 is 6.03 Å². The summed E-state index contributed by atoms with van der Waals surface area (Å²) in [4.78, 5) is 13.4. The van der Waals surface area contributed by atoms with E-state index in [9.17, 15) is 4.79 Å². The van der Waals surface area contributed by atoms with E-state index in [4.69, 9.17) is 4.74 Å². The van der Waals surface area contributed by atoms with Gasteiger partial charge in [0.05, 0.1) is 12.6 Å². The molecule has 5 nitrogen and oxygen atoms in total. The molecule has 2 saturated heterocycles. The van der Waals surface area contributed by atoms with Crippen LogP contribution in [0.1, 0.15) is 19.3 Å². The van der Waals surface area contributed by atoms with E-state index < -0.39 is 0 Å². The maximum absolute atomic E-state index is 11.8. The molecule has 2 rings (SSSR count). The van der Waals surface area contributed by atoms with Crippen LogP contribution in [0.5, 0.6) is 0 Å². The second-order valence-corrected chi connectivity index (χ2v) is 5.33. The Balaban J connectivity index is 0.00000162. The topological polar surface area (TPSA) is 53.6 Å². The van der Waals surface area contributed by atoms with Crippen LogP contribution in [-0.2, 0) is 4.74 Å². The summed E-state index contributed by atoms with van der Waals surface area (Å²) in [5.41, 5.74) is 0.245. The maximum Gasteiger partial charge on any atom is 0.317 e. The smallest absolute Gasteiger partial charge is 0.317 e. The molecule has 6 heteroatoms. The largest absolute Gasteiger partial charge is 0.379 e. The molecule has 2 aliphatic heterocycles. The molecule has 2 amide bonds. The summed E-state index contributed by atoms with van der Waals surface area (Å²) >= 11 is 0. The highest BCUT2D eigenvalue weighted by molar-refractivity contribution is 5.85. The number of amides is 2. The van der Waals surface area contributed by atoms with Gasteiger partial charge in [0, 0.05) is 20.7 Å². The molecule has 0 radical (unpaired) electrons. The Morgan fingerprint density at radius 1 is 1.33 bits per heavy atom. The normalized spacial score (nSPS) is 26.2. The van der Waals surface area contributed by atoms with Crippen LogP contribution in [0.4, 0.5) is 4.79 Å². The Labute approximate surface area is 115 Å². The van der Waals surface area contributed by atoms with E-state index in [-0.39, 0.29) is 29.9 Å². The summed E-state index contributed by atoms with van der Waals surface area (Å²) in [7, 11) is 3.54. The Morgan fingerprint density at radius 3 is 2.61 bits per heavy atom. The Kier molecular flexibility index (Phi) is 5.69. The van der Waals surface area contributed by atoms with Crippen LogP contribution < -0.4 is 10.6 Å². The lowest BCUT2D eigenvalue weighted by molar-refractivity contribution is -0.0307. The van der Waals surface area contributed by atoms with Gasteiger partial charge in [-0.05, 0) is 37.8 Å². The number of carbonyl (C=O) groups excluding carboxylic acids is 1. The maximum atomic E-state index is 11.8. The van der Waals surface area contributed by atoms with Crippen molar-refractivity contribution in [2.75, 3.05) is 40.4 Å². The highest BCUT2D eigenvalue weighted by Gasteiger charge is 2.42. The number of piperidine rings is 1. The zero-order chi connectivity index (χ0) is 12.3. The number of halogens is 1. The number of urea groups is 1. The van der Waals surface area contributed by atoms with Gasteiger partial charge in [0.15, 0.2) is 0 Å². The van der Waals surface area contributed by atoms with Crippen molar-refractivity contribution in [3.63, 3.8) is 0 Å². The molecular weight excluding hydrogens is 254 g/mol. The van der Waals surface area contributed by atoms with E-state index >= 15 is 0 Å². The number of ether oxygens (including phenoxy) is 1. The fraction of sp³-hybridized carbons (Fsp3) is 0.917. The van der Waals surface area contributed by atoms with Crippen LogP contribution in [-0.4, -0.2) is 57.4 Å². The quantitative estimate of drug-likeness (QED) is 0.747. The van der Waals surface area contributed by atoms with Crippen molar-refractivity contribution < 1.29 is 9.53 Å². The van der Waals surface area contributed by atoms with Gasteiger partial charge in [-0.1, -0.05) is 0 Å². The predicted molar refractivity (Wildman–Crippen MR) is 73.2 cm³/mol. The molecule has 2 fully saturated rings. The lowest BCUT2D eigenvalue weighted by Gasteiger charge is -2.47. The van der Waals surface area contributed by atoms with Crippen LogP contribution in [0.15, 0.2) is 0 Å². The first kappa shape index (κ1) is 15.5. The molecule has 1 spiro atoms. The second-order valence-electron chi connectivity index (χ2n) is 5.33. The third kappa shape index (κ3) is 3.28. The van der Waals surface area contributed by atoms with Crippen LogP contribution in [0.2, 0.25) is 0 Å². The molecule has 0 bridgehead atoms. The molecule has 0 aliphatic carbocycles. The minimum Gasteiger partial charge on any atom is -0.379 e. The fourth-order valence-corrected chi connectivity index (χ4v) is 2.82. The summed E-state index contributed by atoms with van der Waals surface area (Å²) in [5, 5.41) is 6.50. The van der Waals surface area contributed by atoms with Gasteiger partial charge in [-0.3, -0.25) is 0 Å². The molecular formula is C12H24ClN3O2. The average Bonchev–Trinajstić information content (AvgIpc) is 2.33. The average molecular weight is 278 g/mol. The predicted octanol–water partition coefficient (Wildman–Crippen LogP) is 0.838. The summed E-state index contributed by atoms with van der Waals surface area (Å²) in [6.45, 7) is 3.58. The molecule has 2 heterocycles. The summed E-state index contributed by atoms with van der Waals surface area (Å²) in [6, 6.07) is 0.145. The molecule has 0 aromatic heterocycles. The standard InChI is InChI=1S/C12H23N3O2.ClH/c1-15(2)11(16)14-10-9-17-8-5-12(10)3-6-13-7-4-12;/h10,13H,3-9H2,1-2H3,(H,14,16);1H. The van der Waals surface area contributed by atoms with E-state index in [1.165, 1.54) is 0 Å². The number of hydrogen-bond donors (Lipinski definition) is 2. The second kappa shape index (κ2) is 6.59. The Hall–Kier alpha value is -0.520. The first-order chi connectivity index (χ1) is 8.14. The van der Waals surface area contributed by atoms with Crippen molar-refractivity contribution in [2.45, 2.75) is 25.3 Å². The van der Waals surface area contributed by atoms with Crippen molar-refractivity contribution in [1.82, 2.24) is 15.5 Å². The van der Waals surface area contributed by atoms with Gasteiger partial charge in [-0.2, -0.15) is 0 Å². The lowest BCUT2D eigenvalue weighted by atomic mass is 9.69. The van der Waals surface area contributed by atoms with E-state index in [0.29, 0.717) is 6.61 Å². The number of hydrogen-bond acceptors (Lipinski definition) is 3. The molecule has 1 unspecified atom stereocenters. The number of nitrogens with one attached hydrogen (secondary N) is 2. The SMILES string of the molecule is CN(C)C(=O)NC1COCCC12CCNCC2.Cl. The van der Waals surface area contributed by atoms with E-state index in [0.717, 1.165) is 39.0 Å². The lowest BCUT2D eigenvalue weighted by Crippen LogP contribution is -2.58. The molecule has 0 aromatic rings. The minimum absolute atomic E-state index is 0. The van der Waals surface area contributed by atoms with E-state index in [1.807, 2.05) is 0 Å². The van der Waals surface area contributed by atoms with Gasteiger partial charge in [0.1, 0.15) is 0 Å². The van der Waals surface area contributed by atoms with Crippen LogP contribution in [0.25, 0.3) is 0 Å². The molecule has 0 saturated carbocycles. The number of carbonyl (C=O) groups is 1.